The maximum Gasteiger partial charge on any atom is 0.0422 e. The van der Waals surface area contributed by atoms with Gasteiger partial charge in [-0.2, -0.15) is 0 Å². The molecule has 0 amide bonds. The number of hydrazine groups is 1. The van der Waals surface area contributed by atoms with Crippen LogP contribution in [0.4, 0.5) is 0 Å². The van der Waals surface area contributed by atoms with E-state index in [9.17, 15) is 0 Å². The largest absolute Gasteiger partial charge is 0.302 e. The topological polar surface area (TPSA) is 41.3 Å². The molecule has 3 heteroatoms. The zero-order valence-electron chi connectivity index (χ0n) is 13.1. The molecule has 0 aromatic carbocycles. The van der Waals surface area contributed by atoms with Crippen molar-refractivity contribution in [2.45, 2.75) is 76.3 Å². The van der Waals surface area contributed by atoms with Gasteiger partial charge >= 0.3 is 0 Å². The lowest BCUT2D eigenvalue weighted by Crippen LogP contribution is -2.65. The molecular formula is C16H33N3. The van der Waals surface area contributed by atoms with Crippen molar-refractivity contribution < 1.29 is 0 Å². The van der Waals surface area contributed by atoms with E-state index in [-0.39, 0.29) is 5.54 Å². The molecule has 112 valence electrons. The highest BCUT2D eigenvalue weighted by Gasteiger charge is 2.46. The molecule has 0 spiro atoms. The van der Waals surface area contributed by atoms with E-state index >= 15 is 0 Å². The summed E-state index contributed by atoms with van der Waals surface area (Å²) in [5, 5.41) is 0. The van der Waals surface area contributed by atoms with Crippen LogP contribution < -0.4 is 11.3 Å². The minimum absolute atomic E-state index is 0.272. The van der Waals surface area contributed by atoms with Crippen LogP contribution in [0.5, 0.6) is 0 Å². The Labute approximate surface area is 119 Å². The Hall–Kier alpha value is -0.120. The molecule has 2 saturated carbocycles. The Morgan fingerprint density at radius 1 is 1.11 bits per heavy atom. The number of nitrogens with two attached hydrogens (primary N) is 1. The highest BCUT2D eigenvalue weighted by atomic mass is 15.3. The van der Waals surface area contributed by atoms with Gasteiger partial charge in [0.25, 0.3) is 0 Å². The second kappa shape index (κ2) is 6.55. The third-order valence-electron chi connectivity index (χ3n) is 5.78. The van der Waals surface area contributed by atoms with Gasteiger partial charge in [-0.3, -0.25) is 11.3 Å². The van der Waals surface area contributed by atoms with Crippen LogP contribution in [0.25, 0.3) is 0 Å². The van der Waals surface area contributed by atoms with Gasteiger partial charge in [-0.05, 0) is 51.6 Å². The first-order chi connectivity index (χ1) is 9.10. The van der Waals surface area contributed by atoms with E-state index in [1.807, 2.05) is 0 Å². The van der Waals surface area contributed by atoms with Crippen LogP contribution in [0.15, 0.2) is 0 Å². The molecular weight excluding hydrogens is 234 g/mol. The van der Waals surface area contributed by atoms with Gasteiger partial charge in [0.15, 0.2) is 0 Å². The molecule has 0 saturated heterocycles. The van der Waals surface area contributed by atoms with Gasteiger partial charge in [0.2, 0.25) is 0 Å². The minimum atomic E-state index is 0.272. The normalized spacial score (nSPS) is 35.5. The molecule has 0 heterocycles. The molecule has 3 atom stereocenters. The van der Waals surface area contributed by atoms with Gasteiger partial charge in [-0.25, -0.2) is 0 Å². The zero-order valence-corrected chi connectivity index (χ0v) is 13.1. The molecule has 0 aliphatic heterocycles. The first-order valence-corrected chi connectivity index (χ1v) is 8.23. The van der Waals surface area contributed by atoms with Crippen molar-refractivity contribution in [3.63, 3.8) is 0 Å². The molecule has 3 N–H and O–H groups in total. The fourth-order valence-corrected chi connectivity index (χ4v) is 4.73. The number of nitrogens with one attached hydrogen (secondary N) is 1. The molecule has 0 aromatic heterocycles. The molecule has 0 bridgehead atoms. The first-order valence-electron chi connectivity index (χ1n) is 8.23. The van der Waals surface area contributed by atoms with Crippen molar-refractivity contribution in [2.24, 2.45) is 17.7 Å². The highest BCUT2D eigenvalue weighted by molar-refractivity contribution is 5.04. The second-order valence-electron chi connectivity index (χ2n) is 7.24. The Bertz CT molecular complexity index is 273. The van der Waals surface area contributed by atoms with E-state index in [0.717, 1.165) is 11.8 Å². The van der Waals surface area contributed by atoms with Gasteiger partial charge in [-0.1, -0.05) is 39.0 Å². The summed E-state index contributed by atoms with van der Waals surface area (Å²) in [6.07, 6.45) is 12.3. The van der Waals surface area contributed by atoms with Crippen LogP contribution in [0.1, 0.15) is 64.7 Å². The molecule has 2 aliphatic rings. The van der Waals surface area contributed by atoms with Crippen LogP contribution in [0, 0.1) is 11.8 Å². The summed E-state index contributed by atoms with van der Waals surface area (Å²) < 4.78 is 0. The van der Waals surface area contributed by atoms with E-state index in [0.29, 0.717) is 6.04 Å². The average Bonchev–Trinajstić information content (AvgIpc) is 2.40. The number of hydrogen-bond donors (Lipinski definition) is 2. The standard InChI is InChI=1S/C16H33N3/c1-13-8-7-11-16(12-13,19(2)3)15(18-17)14-9-5-4-6-10-14/h13-15,18H,4-12,17H2,1-3H3. The second-order valence-corrected chi connectivity index (χ2v) is 7.24. The Kier molecular flexibility index (Phi) is 5.27. The van der Waals surface area contributed by atoms with Gasteiger partial charge < -0.3 is 4.90 Å². The van der Waals surface area contributed by atoms with Crippen molar-refractivity contribution in [1.29, 1.82) is 0 Å². The maximum absolute atomic E-state index is 6.03. The fraction of sp³-hybridized carbons (Fsp3) is 1.00. The average molecular weight is 267 g/mol. The molecule has 2 fully saturated rings. The third kappa shape index (κ3) is 3.14. The van der Waals surface area contributed by atoms with Crippen LogP contribution in [0.2, 0.25) is 0 Å². The predicted octanol–water partition coefficient (Wildman–Crippen LogP) is 2.91. The smallest absolute Gasteiger partial charge is 0.0422 e. The van der Waals surface area contributed by atoms with E-state index < -0.39 is 0 Å². The number of hydrogen-bond acceptors (Lipinski definition) is 3. The molecule has 3 unspecified atom stereocenters. The zero-order chi connectivity index (χ0) is 13.9. The summed E-state index contributed by atoms with van der Waals surface area (Å²) in [5.74, 6) is 7.63. The van der Waals surface area contributed by atoms with Gasteiger partial charge in [0.05, 0.1) is 0 Å². The Balaban J connectivity index is 2.19. The lowest BCUT2D eigenvalue weighted by molar-refractivity contribution is 0.00823. The summed E-state index contributed by atoms with van der Waals surface area (Å²) in [4.78, 5) is 2.47. The lowest BCUT2D eigenvalue weighted by atomic mass is 9.66. The summed E-state index contributed by atoms with van der Waals surface area (Å²) in [7, 11) is 4.51. The fourth-order valence-electron chi connectivity index (χ4n) is 4.73. The number of nitrogens with zero attached hydrogens (tertiary/aromatic N) is 1. The quantitative estimate of drug-likeness (QED) is 0.608. The Morgan fingerprint density at radius 2 is 1.79 bits per heavy atom. The first kappa shape index (κ1) is 15.3. The SMILES string of the molecule is CC1CCCC(C(NN)C2CCCCC2)(N(C)C)C1. The Morgan fingerprint density at radius 3 is 2.32 bits per heavy atom. The highest BCUT2D eigenvalue weighted by Crippen LogP contribution is 2.42. The van der Waals surface area contributed by atoms with Crippen molar-refractivity contribution in [1.82, 2.24) is 10.3 Å². The summed E-state index contributed by atoms with van der Waals surface area (Å²) >= 11 is 0. The van der Waals surface area contributed by atoms with Crippen LogP contribution in [-0.4, -0.2) is 30.6 Å². The van der Waals surface area contributed by atoms with E-state index in [1.165, 1.54) is 57.8 Å². The van der Waals surface area contributed by atoms with Gasteiger partial charge in [-0.15, -0.1) is 0 Å². The molecule has 0 radical (unpaired) electrons. The van der Waals surface area contributed by atoms with Crippen LogP contribution >= 0.6 is 0 Å². The van der Waals surface area contributed by atoms with Crippen molar-refractivity contribution >= 4 is 0 Å². The molecule has 0 aromatic rings. The van der Waals surface area contributed by atoms with Gasteiger partial charge in [0.1, 0.15) is 0 Å². The van der Waals surface area contributed by atoms with Gasteiger partial charge in [0, 0.05) is 11.6 Å². The molecule has 2 aliphatic carbocycles. The summed E-state index contributed by atoms with van der Waals surface area (Å²) in [6.45, 7) is 2.41. The van der Waals surface area contributed by atoms with Crippen LogP contribution in [-0.2, 0) is 0 Å². The predicted molar refractivity (Wildman–Crippen MR) is 81.7 cm³/mol. The van der Waals surface area contributed by atoms with Crippen molar-refractivity contribution in [3.05, 3.63) is 0 Å². The van der Waals surface area contributed by atoms with E-state index in [2.05, 4.69) is 31.3 Å². The van der Waals surface area contributed by atoms with E-state index in [1.54, 1.807) is 0 Å². The maximum atomic E-state index is 6.03. The third-order valence-corrected chi connectivity index (χ3v) is 5.78. The minimum Gasteiger partial charge on any atom is -0.302 e. The number of likely N-dealkylation sites (N-methyl/N-ethyl adjacent to an activating group) is 1. The number of rotatable bonds is 4. The monoisotopic (exact) mass is 267 g/mol. The van der Waals surface area contributed by atoms with Crippen molar-refractivity contribution in [3.8, 4) is 0 Å². The molecule has 19 heavy (non-hydrogen) atoms. The lowest BCUT2D eigenvalue weighted by Gasteiger charge is -2.52. The molecule has 2 rings (SSSR count). The summed E-state index contributed by atoms with van der Waals surface area (Å²) in [6, 6.07) is 0.463. The van der Waals surface area contributed by atoms with Crippen LogP contribution in [0.3, 0.4) is 0 Å². The van der Waals surface area contributed by atoms with Crippen molar-refractivity contribution in [2.75, 3.05) is 14.1 Å². The summed E-state index contributed by atoms with van der Waals surface area (Å²) in [5.41, 5.74) is 3.51. The van der Waals surface area contributed by atoms with E-state index in [4.69, 9.17) is 5.84 Å². The molecule has 3 nitrogen and oxygen atoms in total.